The highest BCUT2D eigenvalue weighted by atomic mass is 16.5. The highest BCUT2D eigenvalue weighted by Gasteiger charge is 2.14. The van der Waals surface area contributed by atoms with Crippen LogP contribution in [0.25, 0.3) is 0 Å². The SMILES string of the molecule is Cc1ccc(C(=O)c2cccc(C(=O)c3ccc(Oc4cccc(O)c4)cc3)c2)cc1. The molecule has 0 saturated heterocycles. The molecular weight excluding hydrogens is 388 g/mol. The summed E-state index contributed by atoms with van der Waals surface area (Å²) < 4.78 is 5.69. The fraction of sp³-hybridized carbons (Fsp3) is 0.0370. The van der Waals surface area contributed by atoms with Gasteiger partial charge < -0.3 is 9.84 Å². The Labute approximate surface area is 180 Å². The minimum Gasteiger partial charge on any atom is -0.508 e. The van der Waals surface area contributed by atoms with E-state index in [0.717, 1.165) is 5.56 Å². The third kappa shape index (κ3) is 4.70. The zero-order valence-corrected chi connectivity index (χ0v) is 16.9. The number of ketones is 2. The Morgan fingerprint density at radius 1 is 0.613 bits per heavy atom. The Kier molecular flexibility index (Phi) is 5.63. The summed E-state index contributed by atoms with van der Waals surface area (Å²) in [5.74, 6) is 0.864. The standard InChI is InChI=1S/C27H20O4/c1-18-8-10-19(11-9-18)26(29)21-4-2-5-22(16-21)27(30)20-12-14-24(15-13-20)31-25-7-3-6-23(28)17-25/h2-17,28H,1H3. The number of rotatable bonds is 6. The molecule has 0 amide bonds. The molecule has 0 aliphatic carbocycles. The largest absolute Gasteiger partial charge is 0.508 e. The van der Waals surface area contributed by atoms with Crippen molar-refractivity contribution in [2.75, 3.05) is 0 Å². The minimum atomic E-state index is -0.178. The highest BCUT2D eigenvalue weighted by molar-refractivity contribution is 6.13. The number of ether oxygens (including phenoxy) is 1. The molecule has 0 aliphatic heterocycles. The summed E-state index contributed by atoms with van der Waals surface area (Å²) >= 11 is 0. The lowest BCUT2D eigenvalue weighted by atomic mass is 9.97. The van der Waals surface area contributed by atoms with Crippen LogP contribution in [0.15, 0.2) is 97.1 Å². The van der Waals surface area contributed by atoms with Gasteiger partial charge in [0.1, 0.15) is 17.2 Å². The fourth-order valence-corrected chi connectivity index (χ4v) is 3.20. The number of carbonyl (C=O) groups is 2. The molecule has 4 nitrogen and oxygen atoms in total. The van der Waals surface area contributed by atoms with Crippen LogP contribution < -0.4 is 4.74 Å². The van der Waals surface area contributed by atoms with Gasteiger partial charge in [0.25, 0.3) is 0 Å². The summed E-state index contributed by atoms with van der Waals surface area (Å²) in [4.78, 5) is 25.7. The van der Waals surface area contributed by atoms with E-state index in [2.05, 4.69) is 0 Å². The van der Waals surface area contributed by atoms with Crippen LogP contribution in [-0.4, -0.2) is 16.7 Å². The van der Waals surface area contributed by atoms with Gasteiger partial charge in [-0.2, -0.15) is 0 Å². The lowest BCUT2D eigenvalue weighted by molar-refractivity contribution is 0.103. The maximum Gasteiger partial charge on any atom is 0.193 e. The molecule has 4 aromatic carbocycles. The second-order valence-corrected chi connectivity index (χ2v) is 7.23. The number of benzene rings is 4. The number of hydrogen-bond donors (Lipinski definition) is 1. The fourth-order valence-electron chi connectivity index (χ4n) is 3.20. The number of aromatic hydroxyl groups is 1. The smallest absolute Gasteiger partial charge is 0.193 e. The van der Waals surface area contributed by atoms with Crippen molar-refractivity contribution in [3.8, 4) is 17.2 Å². The van der Waals surface area contributed by atoms with Crippen molar-refractivity contribution in [3.63, 3.8) is 0 Å². The van der Waals surface area contributed by atoms with Gasteiger partial charge in [-0.05, 0) is 49.4 Å². The molecule has 0 aromatic heterocycles. The van der Waals surface area contributed by atoms with E-state index in [4.69, 9.17) is 4.74 Å². The van der Waals surface area contributed by atoms with Gasteiger partial charge in [0, 0.05) is 28.3 Å². The quantitative estimate of drug-likeness (QED) is 0.400. The first-order chi connectivity index (χ1) is 15.0. The van der Waals surface area contributed by atoms with Crippen LogP contribution in [-0.2, 0) is 0 Å². The Bertz CT molecular complexity index is 1240. The molecule has 0 radical (unpaired) electrons. The van der Waals surface area contributed by atoms with E-state index in [9.17, 15) is 14.7 Å². The molecule has 0 atom stereocenters. The minimum absolute atomic E-state index is 0.115. The molecule has 31 heavy (non-hydrogen) atoms. The summed E-state index contributed by atoms with van der Waals surface area (Å²) in [5, 5.41) is 9.53. The van der Waals surface area contributed by atoms with Crippen LogP contribution in [0, 0.1) is 6.92 Å². The van der Waals surface area contributed by atoms with Gasteiger partial charge in [0.15, 0.2) is 11.6 Å². The van der Waals surface area contributed by atoms with Crippen molar-refractivity contribution < 1.29 is 19.4 Å². The second-order valence-electron chi connectivity index (χ2n) is 7.23. The maximum atomic E-state index is 12.9. The van der Waals surface area contributed by atoms with E-state index in [0.29, 0.717) is 33.8 Å². The number of aryl methyl sites for hydroxylation is 1. The zero-order chi connectivity index (χ0) is 21.8. The topological polar surface area (TPSA) is 63.6 Å². The molecule has 4 heteroatoms. The number of hydrogen-bond acceptors (Lipinski definition) is 4. The summed E-state index contributed by atoms with van der Waals surface area (Å²) in [6.45, 7) is 1.97. The van der Waals surface area contributed by atoms with E-state index in [-0.39, 0.29) is 17.3 Å². The van der Waals surface area contributed by atoms with Crippen molar-refractivity contribution in [3.05, 3.63) is 125 Å². The number of carbonyl (C=O) groups excluding carboxylic acids is 2. The van der Waals surface area contributed by atoms with Gasteiger partial charge >= 0.3 is 0 Å². The number of phenolic OH excluding ortho intramolecular Hbond substituents is 1. The van der Waals surface area contributed by atoms with Crippen LogP contribution >= 0.6 is 0 Å². The van der Waals surface area contributed by atoms with Crippen molar-refractivity contribution in [1.29, 1.82) is 0 Å². The molecule has 0 heterocycles. The Morgan fingerprint density at radius 3 is 1.74 bits per heavy atom. The Morgan fingerprint density at radius 2 is 1.16 bits per heavy atom. The maximum absolute atomic E-state index is 12.9. The molecule has 0 spiro atoms. The van der Waals surface area contributed by atoms with Crippen molar-refractivity contribution >= 4 is 11.6 Å². The highest BCUT2D eigenvalue weighted by Crippen LogP contribution is 2.25. The van der Waals surface area contributed by atoms with Gasteiger partial charge in [-0.25, -0.2) is 0 Å². The molecule has 0 fully saturated rings. The molecule has 0 aliphatic rings. The van der Waals surface area contributed by atoms with Crippen LogP contribution in [0.3, 0.4) is 0 Å². The van der Waals surface area contributed by atoms with E-state index in [1.165, 1.54) is 6.07 Å². The molecule has 0 bridgehead atoms. The lowest BCUT2D eigenvalue weighted by Gasteiger charge is -2.08. The van der Waals surface area contributed by atoms with Gasteiger partial charge in [-0.3, -0.25) is 9.59 Å². The van der Waals surface area contributed by atoms with E-state index in [1.54, 1.807) is 78.9 Å². The first-order valence-electron chi connectivity index (χ1n) is 9.83. The monoisotopic (exact) mass is 408 g/mol. The predicted octanol–water partition coefficient (Wildman–Crippen LogP) is 5.95. The molecule has 1 N–H and O–H groups in total. The van der Waals surface area contributed by atoms with Crippen LogP contribution in [0.4, 0.5) is 0 Å². The average molecular weight is 408 g/mol. The third-order valence-electron chi connectivity index (χ3n) is 4.87. The van der Waals surface area contributed by atoms with Crippen molar-refractivity contribution in [2.45, 2.75) is 6.92 Å². The number of phenols is 1. The van der Waals surface area contributed by atoms with Crippen LogP contribution in [0.2, 0.25) is 0 Å². The second kappa shape index (κ2) is 8.67. The normalized spacial score (nSPS) is 10.5. The van der Waals surface area contributed by atoms with E-state index >= 15 is 0 Å². The molecule has 4 aromatic rings. The predicted molar refractivity (Wildman–Crippen MR) is 119 cm³/mol. The van der Waals surface area contributed by atoms with Gasteiger partial charge in [-0.15, -0.1) is 0 Å². The first-order valence-corrected chi connectivity index (χ1v) is 9.83. The summed E-state index contributed by atoms with van der Waals surface area (Å²) in [6.07, 6.45) is 0. The van der Waals surface area contributed by atoms with Gasteiger partial charge in [0.05, 0.1) is 0 Å². The van der Waals surface area contributed by atoms with Crippen LogP contribution in [0.5, 0.6) is 17.2 Å². The van der Waals surface area contributed by atoms with E-state index in [1.807, 2.05) is 19.1 Å². The van der Waals surface area contributed by atoms with Crippen LogP contribution in [0.1, 0.15) is 37.4 Å². The molecule has 0 unspecified atom stereocenters. The van der Waals surface area contributed by atoms with E-state index < -0.39 is 0 Å². The van der Waals surface area contributed by atoms with Crippen molar-refractivity contribution in [1.82, 2.24) is 0 Å². The average Bonchev–Trinajstić information content (AvgIpc) is 2.79. The lowest BCUT2D eigenvalue weighted by Crippen LogP contribution is -2.06. The summed E-state index contributed by atoms with van der Waals surface area (Å²) in [6, 6.07) is 27.3. The first kappa shape index (κ1) is 20.1. The molecule has 152 valence electrons. The summed E-state index contributed by atoms with van der Waals surface area (Å²) in [5.41, 5.74) is 3.07. The molecule has 4 rings (SSSR count). The Balaban J connectivity index is 1.52. The molecule has 0 saturated carbocycles. The van der Waals surface area contributed by atoms with Gasteiger partial charge in [-0.1, -0.05) is 54.1 Å². The Hall–Kier alpha value is -4.18. The van der Waals surface area contributed by atoms with Crippen molar-refractivity contribution in [2.24, 2.45) is 0 Å². The molecular formula is C27H20O4. The zero-order valence-electron chi connectivity index (χ0n) is 16.9. The summed E-state index contributed by atoms with van der Waals surface area (Å²) in [7, 11) is 0. The third-order valence-corrected chi connectivity index (χ3v) is 4.87. The van der Waals surface area contributed by atoms with Gasteiger partial charge in [0.2, 0.25) is 0 Å².